The predicted molar refractivity (Wildman–Crippen MR) is 52.1 cm³/mol. The highest BCUT2D eigenvalue weighted by Gasteiger charge is 2.01. The molecule has 0 bridgehead atoms. The largest absolute Gasteiger partial charge is 0.388 e. The van der Waals surface area contributed by atoms with Crippen LogP contribution in [0.25, 0.3) is 10.9 Å². The van der Waals surface area contributed by atoms with Crippen molar-refractivity contribution in [1.82, 2.24) is 4.98 Å². The lowest BCUT2D eigenvalue weighted by atomic mass is 10.1. The Morgan fingerprint density at radius 3 is 2.85 bits per heavy atom. The van der Waals surface area contributed by atoms with E-state index in [-0.39, 0.29) is 0 Å². The van der Waals surface area contributed by atoms with Gasteiger partial charge in [-0.05, 0) is 24.6 Å². The summed E-state index contributed by atoms with van der Waals surface area (Å²) in [6, 6.07) is 9.70. The Balaban J connectivity index is 2.62. The monoisotopic (exact) mass is 172 g/mol. The summed E-state index contributed by atoms with van der Waals surface area (Å²) < 4.78 is 0. The van der Waals surface area contributed by atoms with Crippen LogP contribution in [-0.4, -0.2) is 10.1 Å². The van der Waals surface area contributed by atoms with Gasteiger partial charge in [-0.3, -0.25) is 4.98 Å². The van der Waals surface area contributed by atoms with Crippen LogP contribution in [0, 0.1) is 6.92 Å². The minimum absolute atomic E-state index is 0.697. The summed E-state index contributed by atoms with van der Waals surface area (Å²) >= 11 is 0. The second-order valence-electron chi connectivity index (χ2n) is 2.98. The molecule has 13 heavy (non-hydrogen) atoms. The maximum Gasteiger partial charge on any atom is 0.0806 e. The number of fused-ring (bicyclic) bond motifs is 1. The molecule has 1 aromatic heterocycles. The topological polar surface area (TPSA) is 33.1 Å². The molecule has 1 radical (unpaired) electrons. The highest BCUT2D eigenvalue weighted by molar-refractivity contribution is 5.78. The number of para-hydroxylation sites is 1. The zero-order chi connectivity index (χ0) is 9.26. The number of aliphatic hydroxyl groups excluding tert-OH is 1. The number of rotatable bonds is 1. The van der Waals surface area contributed by atoms with Crippen LogP contribution in [0.3, 0.4) is 0 Å². The normalized spacial score (nSPS) is 13.1. The molecule has 2 rings (SSSR count). The molecule has 0 amide bonds. The molecule has 0 aliphatic rings. The van der Waals surface area contributed by atoms with Gasteiger partial charge in [-0.2, -0.15) is 0 Å². The molecule has 1 aromatic carbocycles. The number of aromatic nitrogens is 1. The van der Waals surface area contributed by atoms with Gasteiger partial charge in [-0.1, -0.05) is 18.2 Å². The van der Waals surface area contributed by atoms with Crippen molar-refractivity contribution in [3.05, 3.63) is 49.0 Å². The van der Waals surface area contributed by atoms with E-state index in [2.05, 4.69) is 11.9 Å². The lowest BCUT2D eigenvalue weighted by molar-refractivity contribution is 0.226. The Bertz CT molecular complexity index is 423. The van der Waals surface area contributed by atoms with E-state index in [4.69, 9.17) is 0 Å². The highest BCUT2D eigenvalue weighted by Crippen LogP contribution is 2.16. The van der Waals surface area contributed by atoms with Gasteiger partial charge in [0.15, 0.2) is 0 Å². The van der Waals surface area contributed by atoms with E-state index in [1.807, 2.05) is 30.3 Å². The molecule has 0 saturated carbocycles. The van der Waals surface area contributed by atoms with Gasteiger partial charge >= 0.3 is 0 Å². The summed E-state index contributed by atoms with van der Waals surface area (Å²) in [4.78, 5) is 4.20. The molecule has 65 valence electrons. The Hall–Kier alpha value is -1.41. The van der Waals surface area contributed by atoms with Crippen molar-refractivity contribution in [2.75, 3.05) is 0 Å². The summed E-state index contributed by atoms with van der Waals surface area (Å²) in [6.07, 6.45) is 0.956. The van der Waals surface area contributed by atoms with Crippen molar-refractivity contribution in [3.8, 4) is 0 Å². The van der Waals surface area contributed by atoms with Crippen LogP contribution in [0.15, 0.2) is 36.5 Å². The molecular formula is C11H10NO. The van der Waals surface area contributed by atoms with Crippen LogP contribution in [0.4, 0.5) is 0 Å². The van der Waals surface area contributed by atoms with Crippen LogP contribution in [0.1, 0.15) is 11.7 Å². The molecule has 1 unspecified atom stereocenters. The van der Waals surface area contributed by atoms with Crippen molar-refractivity contribution in [2.45, 2.75) is 6.10 Å². The van der Waals surface area contributed by atoms with Gasteiger partial charge in [-0.15, -0.1) is 0 Å². The van der Waals surface area contributed by atoms with Crippen LogP contribution >= 0.6 is 0 Å². The fraction of sp³-hybridized carbons (Fsp3) is 0.0909. The molecule has 1 heterocycles. The third kappa shape index (κ3) is 1.53. The Morgan fingerprint density at radius 1 is 1.31 bits per heavy atom. The number of aliphatic hydroxyl groups is 1. The van der Waals surface area contributed by atoms with Gasteiger partial charge in [0.25, 0.3) is 0 Å². The first-order valence-electron chi connectivity index (χ1n) is 4.13. The van der Waals surface area contributed by atoms with E-state index in [1.165, 1.54) is 0 Å². The SMILES string of the molecule is [CH2]C(O)c1cnc2ccccc2c1. The maximum atomic E-state index is 9.23. The van der Waals surface area contributed by atoms with Crippen molar-refractivity contribution >= 4 is 10.9 Å². The number of benzene rings is 1. The van der Waals surface area contributed by atoms with Gasteiger partial charge in [0.05, 0.1) is 11.6 Å². The van der Waals surface area contributed by atoms with Gasteiger partial charge in [-0.25, -0.2) is 0 Å². The first kappa shape index (κ1) is 8.20. The minimum Gasteiger partial charge on any atom is -0.388 e. The minimum atomic E-state index is -0.697. The number of nitrogens with zero attached hydrogens (tertiary/aromatic N) is 1. The van der Waals surface area contributed by atoms with E-state index in [0.717, 1.165) is 16.5 Å². The maximum absolute atomic E-state index is 9.23. The average molecular weight is 172 g/mol. The van der Waals surface area contributed by atoms with E-state index >= 15 is 0 Å². The standard InChI is InChI=1S/C11H10NO/c1-8(13)10-6-9-4-2-3-5-11(9)12-7-10/h2-8,13H,1H2. The molecule has 2 heteroatoms. The van der Waals surface area contributed by atoms with E-state index in [0.29, 0.717) is 0 Å². The summed E-state index contributed by atoms with van der Waals surface area (Å²) in [7, 11) is 0. The number of hydrogen-bond acceptors (Lipinski definition) is 2. The van der Waals surface area contributed by atoms with Crippen LogP contribution < -0.4 is 0 Å². The fourth-order valence-corrected chi connectivity index (χ4v) is 1.27. The summed E-state index contributed by atoms with van der Waals surface area (Å²) in [5.41, 5.74) is 1.69. The first-order valence-corrected chi connectivity index (χ1v) is 4.13. The van der Waals surface area contributed by atoms with Gasteiger partial charge in [0.1, 0.15) is 0 Å². The van der Waals surface area contributed by atoms with Crippen molar-refractivity contribution in [1.29, 1.82) is 0 Å². The quantitative estimate of drug-likeness (QED) is 0.714. The zero-order valence-corrected chi connectivity index (χ0v) is 7.14. The molecule has 1 N–H and O–H groups in total. The van der Waals surface area contributed by atoms with Crippen molar-refractivity contribution < 1.29 is 5.11 Å². The third-order valence-corrected chi connectivity index (χ3v) is 2.00. The second-order valence-corrected chi connectivity index (χ2v) is 2.98. The van der Waals surface area contributed by atoms with E-state index in [9.17, 15) is 5.11 Å². The molecule has 2 aromatic rings. The van der Waals surface area contributed by atoms with Gasteiger partial charge in [0, 0.05) is 11.6 Å². The summed E-state index contributed by atoms with van der Waals surface area (Å²) in [5.74, 6) is 0. The second kappa shape index (κ2) is 3.15. The van der Waals surface area contributed by atoms with E-state index in [1.54, 1.807) is 6.20 Å². The molecule has 0 fully saturated rings. The first-order chi connectivity index (χ1) is 6.27. The van der Waals surface area contributed by atoms with Crippen molar-refractivity contribution in [2.24, 2.45) is 0 Å². The van der Waals surface area contributed by atoms with Gasteiger partial charge in [0.2, 0.25) is 0 Å². The Morgan fingerprint density at radius 2 is 2.08 bits per heavy atom. The molecule has 2 nitrogen and oxygen atoms in total. The molecule has 1 atom stereocenters. The molecule has 0 aliphatic heterocycles. The number of hydrogen-bond donors (Lipinski definition) is 1. The summed E-state index contributed by atoms with van der Waals surface area (Å²) in [5, 5.41) is 10.3. The lowest BCUT2D eigenvalue weighted by Crippen LogP contribution is -1.92. The van der Waals surface area contributed by atoms with Crippen LogP contribution in [0.2, 0.25) is 0 Å². The lowest BCUT2D eigenvalue weighted by Gasteiger charge is -2.04. The van der Waals surface area contributed by atoms with Gasteiger partial charge < -0.3 is 5.11 Å². The smallest absolute Gasteiger partial charge is 0.0806 e. The highest BCUT2D eigenvalue weighted by atomic mass is 16.3. The molecule has 0 spiro atoms. The van der Waals surface area contributed by atoms with Crippen molar-refractivity contribution in [3.63, 3.8) is 0 Å². The van der Waals surface area contributed by atoms with Crippen LogP contribution in [0.5, 0.6) is 0 Å². The third-order valence-electron chi connectivity index (χ3n) is 2.00. The fourth-order valence-electron chi connectivity index (χ4n) is 1.27. The average Bonchev–Trinajstić information content (AvgIpc) is 2.17. The summed E-state index contributed by atoms with van der Waals surface area (Å²) in [6.45, 7) is 3.53. The van der Waals surface area contributed by atoms with E-state index < -0.39 is 6.10 Å². The zero-order valence-electron chi connectivity index (χ0n) is 7.14. The number of pyridine rings is 1. The molecule has 0 saturated heterocycles. The Kier molecular flexibility index (Phi) is 1.99. The predicted octanol–water partition coefficient (Wildman–Crippen LogP) is 2.10. The Labute approximate surface area is 76.9 Å². The van der Waals surface area contributed by atoms with Crippen LogP contribution in [-0.2, 0) is 0 Å². The molecule has 0 aliphatic carbocycles. The molecular weight excluding hydrogens is 162 g/mol.